The summed E-state index contributed by atoms with van der Waals surface area (Å²) in [6.07, 6.45) is 5.76. The van der Waals surface area contributed by atoms with Crippen LogP contribution in [0.15, 0.2) is 0 Å². The van der Waals surface area contributed by atoms with Crippen LogP contribution in [0.2, 0.25) is 18.1 Å². The lowest BCUT2D eigenvalue weighted by Gasteiger charge is -2.36. The zero-order valence-corrected chi connectivity index (χ0v) is 16.7. The largest absolute Gasteiger partial charge is 0.417 e. The zero-order valence-electron chi connectivity index (χ0n) is 15.7. The molecule has 4 saturated carbocycles. The molecule has 0 heterocycles. The van der Waals surface area contributed by atoms with Crippen molar-refractivity contribution in [2.45, 2.75) is 64.6 Å². The fraction of sp³-hybridized carbons (Fsp3) is 1.00. The lowest BCUT2D eigenvalue weighted by atomic mass is 10.1. The highest BCUT2D eigenvalue weighted by Crippen LogP contribution is 2.70. The van der Waals surface area contributed by atoms with Gasteiger partial charge in [0.1, 0.15) is 0 Å². The third kappa shape index (κ3) is 3.18. The predicted octanol–water partition coefficient (Wildman–Crippen LogP) is 4.54. The van der Waals surface area contributed by atoms with E-state index in [0.717, 1.165) is 48.0 Å². The Hall–Kier alpha value is 0.137. The Bertz CT molecular complexity index is 469. The minimum absolute atomic E-state index is 0.342. The molecule has 0 radical (unpaired) electrons. The summed E-state index contributed by atoms with van der Waals surface area (Å²) in [5.41, 5.74) is 0. The van der Waals surface area contributed by atoms with Crippen molar-refractivity contribution in [3.05, 3.63) is 0 Å². The summed E-state index contributed by atoms with van der Waals surface area (Å²) in [6, 6.07) is 0. The molecule has 3 heteroatoms. The third-order valence-electron chi connectivity index (χ3n) is 8.09. The predicted molar refractivity (Wildman–Crippen MR) is 96.6 cm³/mol. The first kappa shape index (κ1) is 16.6. The summed E-state index contributed by atoms with van der Waals surface area (Å²) in [5, 5.41) is 9.59. The maximum Gasteiger partial charge on any atom is 0.191 e. The molecule has 0 aromatic heterocycles. The van der Waals surface area contributed by atoms with Gasteiger partial charge < -0.3 is 9.53 Å². The van der Waals surface area contributed by atoms with Crippen LogP contribution in [0.3, 0.4) is 0 Å². The van der Waals surface area contributed by atoms with E-state index >= 15 is 0 Å². The van der Waals surface area contributed by atoms with Crippen LogP contribution in [0, 0.1) is 47.3 Å². The second-order valence-corrected chi connectivity index (χ2v) is 15.5. The Morgan fingerprint density at radius 3 is 1.78 bits per heavy atom. The number of aliphatic hydroxyl groups is 1. The smallest absolute Gasteiger partial charge is 0.191 e. The molecule has 0 amide bonds. The molecule has 0 aromatic rings. The zero-order chi connectivity index (χ0) is 16.6. The summed E-state index contributed by atoms with van der Waals surface area (Å²) in [7, 11) is -1.55. The van der Waals surface area contributed by atoms with E-state index in [0.29, 0.717) is 17.6 Å². The molecular weight excluding hydrogens is 300 g/mol. The van der Waals surface area contributed by atoms with Crippen molar-refractivity contribution in [3.63, 3.8) is 0 Å². The molecule has 0 aliphatic heterocycles. The van der Waals surface area contributed by atoms with Gasteiger partial charge in [0, 0.05) is 13.2 Å². The van der Waals surface area contributed by atoms with E-state index < -0.39 is 8.32 Å². The van der Waals surface area contributed by atoms with Crippen molar-refractivity contribution in [2.24, 2.45) is 47.3 Å². The van der Waals surface area contributed by atoms with Crippen LogP contribution in [0.5, 0.6) is 0 Å². The van der Waals surface area contributed by atoms with E-state index in [4.69, 9.17) is 4.43 Å². The molecule has 0 unspecified atom stereocenters. The topological polar surface area (TPSA) is 29.5 Å². The van der Waals surface area contributed by atoms with E-state index in [2.05, 4.69) is 33.9 Å². The van der Waals surface area contributed by atoms with E-state index in [1.54, 1.807) is 0 Å². The second-order valence-electron chi connectivity index (χ2n) is 10.7. The molecule has 0 saturated heterocycles. The highest BCUT2D eigenvalue weighted by molar-refractivity contribution is 6.74. The molecule has 0 bridgehead atoms. The molecule has 4 aliphatic rings. The first-order valence-corrected chi connectivity index (χ1v) is 12.9. The fourth-order valence-electron chi connectivity index (χ4n) is 4.96. The molecule has 0 aromatic carbocycles. The van der Waals surface area contributed by atoms with Gasteiger partial charge in [-0.3, -0.25) is 0 Å². The second kappa shape index (κ2) is 5.31. The number of rotatable bonds is 7. The van der Waals surface area contributed by atoms with Crippen molar-refractivity contribution in [1.82, 2.24) is 0 Å². The van der Waals surface area contributed by atoms with Crippen LogP contribution >= 0.6 is 0 Å². The van der Waals surface area contributed by atoms with Crippen LogP contribution in [0.25, 0.3) is 0 Å². The van der Waals surface area contributed by atoms with Gasteiger partial charge in [0.25, 0.3) is 0 Å². The third-order valence-corrected chi connectivity index (χ3v) is 12.6. The van der Waals surface area contributed by atoms with Gasteiger partial charge in [-0.2, -0.15) is 0 Å². The normalized spacial score (nSPS) is 48.3. The molecule has 4 rings (SSSR count). The fourth-order valence-corrected chi connectivity index (χ4v) is 6.03. The molecule has 4 aliphatic carbocycles. The molecule has 4 fully saturated rings. The first-order chi connectivity index (χ1) is 10.7. The lowest BCUT2D eigenvalue weighted by molar-refractivity contribution is 0.260. The SMILES string of the molecule is CC(C)(C)[Si](C)(C)OC[C@@H]1C[C@H]1[C@@H]1C[C@H]1[C@@H]1C[C@H]1[C@@H]1C[C@H]1CO. The Labute approximate surface area is 143 Å². The highest BCUT2D eigenvalue weighted by atomic mass is 28.4. The Kier molecular flexibility index (Phi) is 3.84. The Morgan fingerprint density at radius 1 is 0.826 bits per heavy atom. The molecule has 132 valence electrons. The van der Waals surface area contributed by atoms with Crippen molar-refractivity contribution in [3.8, 4) is 0 Å². The lowest BCUT2D eigenvalue weighted by Crippen LogP contribution is -2.41. The van der Waals surface area contributed by atoms with E-state index in [1.807, 2.05) is 0 Å². The van der Waals surface area contributed by atoms with Crippen molar-refractivity contribution >= 4 is 8.32 Å². The van der Waals surface area contributed by atoms with Crippen LogP contribution in [-0.4, -0.2) is 26.6 Å². The maximum atomic E-state index is 9.25. The van der Waals surface area contributed by atoms with Gasteiger partial charge in [-0.15, -0.1) is 0 Å². The Balaban J connectivity index is 1.18. The van der Waals surface area contributed by atoms with Gasteiger partial charge in [-0.1, -0.05) is 20.8 Å². The standard InChI is InChI=1S/C20H36O2Si/c1-20(2,3)23(4,5)22-11-13-7-15(13)17-9-19(17)18-8-16(18)14-6-12(14)10-21/h12-19,21H,6-11H2,1-5H3/t12-,13-,14+,15+,16-,17-,18+,19+/m0/s1. The van der Waals surface area contributed by atoms with E-state index in [1.165, 1.54) is 25.7 Å². The number of hydrogen-bond acceptors (Lipinski definition) is 2. The summed E-state index contributed by atoms with van der Waals surface area (Å²) < 4.78 is 6.45. The minimum atomic E-state index is -1.55. The highest BCUT2D eigenvalue weighted by Gasteiger charge is 2.63. The summed E-state index contributed by atoms with van der Waals surface area (Å²) in [6.45, 7) is 13.3. The quantitative estimate of drug-likeness (QED) is 0.691. The van der Waals surface area contributed by atoms with Crippen molar-refractivity contribution < 1.29 is 9.53 Å². The van der Waals surface area contributed by atoms with Crippen LogP contribution in [0.1, 0.15) is 46.5 Å². The first-order valence-electron chi connectivity index (χ1n) is 9.97. The van der Waals surface area contributed by atoms with Gasteiger partial charge in [0.15, 0.2) is 8.32 Å². The monoisotopic (exact) mass is 336 g/mol. The molecule has 2 nitrogen and oxygen atoms in total. The summed E-state index contributed by atoms with van der Waals surface area (Å²) in [5.74, 6) is 7.61. The van der Waals surface area contributed by atoms with Gasteiger partial charge in [-0.25, -0.2) is 0 Å². The number of hydrogen-bond donors (Lipinski definition) is 1. The van der Waals surface area contributed by atoms with Gasteiger partial charge in [0.2, 0.25) is 0 Å². The van der Waals surface area contributed by atoms with E-state index in [-0.39, 0.29) is 0 Å². The average molecular weight is 337 g/mol. The summed E-state index contributed by atoms with van der Waals surface area (Å²) >= 11 is 0. The van der Waals surface area contributed by atoms with Crippen LogP contribution in [0.4, 0.5) is 0 Å². The minimum Gasteiger partial charge on any atom is -0.417 e. The van der Waals surface area contributed by atoms with Crippen molar-refractivity contribution in [2.75, 3.05) is 13.2 Å². The molecule has 1 N–H and O–H groups in total. The molecule has 8 atom stereocenters. The van der Waals surface area contributed by atoms with Gasteiger partial charge in [0.05, 0.1) is 0 Å². The molecule has 0 spiro atoms. The molecule has 23 heavy (non-hydrogen) atoms. The van der Waals surface area contributed by atoms with Crippen molar-refractivity contribution in [1.29, 1.82) is 0 Å². The van der Waals surface area contributed by atoms with E-state index in [9.17, 15) is 5.11 Å². The molecular formula is C20H36O2Si. The maximum absolute atomic E-state index is 9.25. The Morgan fingerprint density at radius 2 is 1.30 bits per heavy atom. The van der Waals surface area contributed by atoms with Crippen LogP contribution < -0.4 is 0 Å². The number of aliphatic hydroxyl groups excluding tert-OH is 1. The van der Waals surface area contributed by atoms with Gasteiger partial charge >= 0.3 is 0 Å². The van der Waals surface area contributed by atoms with Gasteiger partial charge in [-0.05, 0) is 91.2 Å². The van der Waals surface area contributed by atoms with Crippen LogP contribution in [-0.2, 0) is 4.43 Å². The average Bonchev–Trinajstić information content (AvgIpc) is 3.31. The summed E-state index contributed by atoms with van der Waals surface area (Å²) in [4.78, 5) is 0.